The Kier molecular flexibility index (Phi) is 7.36. The molecule has 0 spiro atoms. The Hall–Kier alpha value is -2.13. The first-order valence-electron chi connectivity index (χ1n) is 10.8. The molecular weight excluding hydrogens is 384 g/mol. The maximum atomic E-state index is 12.9. The summed E-state index contributed by atoms with van der Waals surface area (Å²) in [5, 5.41) is 4.29. The largest absolute Gasteiger partial charge is 0.381 e. The second kappa shape index (κ2) is 9.78. The SMILES string of the molecule is Cc1nn(C)cc1C(=O)N(C)CCN(C1CCOCC1)C1CCN(C(=O)N(C)C)C1. The molecule has 2 fully saturated rings. The lowest BCUT2D eigenvalue weighted by Crippen LogP contribution is -2.50. The van der Waals surface area contributed by atoms with Gasteiger partial charge in [0.25, 0.3) is 5.91 Å². The Labute approximate surface area is 179 Å². The molecule has 168 valence electrons. The van der Waals surface area contributed by atoms with Gasteiger partial charge in [-0.05, 0) is 26.2 Å². The number of carbonyl (C=O) groups excluding carboxylic acids is 2. The molecule has 0 aliphatic carbocycles. The lowest BCUT2D eigenvalue weighted by atomic mass is 10.0. The second-order valence-electron chi connectivity index (χ2n) is 8.68. The highest BCUT2D eigenvalue weighted by Crippen LogP contribution is 2.24. The zero-order valence-corrected chi connectivity index (χ0v) is 19.0. The highest BCUT2D eigenvalue weighted by Gasteiger charge is 2.35. The van der Waals surface area contributed by atoms with E-state index in [1.54, 1.807) is 34.8 Å². The molecule has 30 heavy (non-hydrogen) atoms. The van der Waals surface area contributed by atoms with Crippen LogP contribution in [0.15, 0.2) is 6.20 Å². The van der Waals surface area contributed by atoms with Gasteiger partial charge >= 0.3 is 6.03 Å². The number of carbonyl (C=O) groups is 2. The molecule has 3 heterocycles. The number of amides is 3. The minimum atomic E-state index is 0.00311. The van der Waals surface area contributed by atoms with E-state index in [-0.39, 0.29) is 11.9 Å². The summed E-state index contributed by atoms with van der Waals surface area (Å²) in [7, 11) is 7.28. The lowest BCUT2D eigenvalue weighted by molar-refractivity contribution is 0.0151. The van der Waals surface area contributed by atoms with Crippen molar-refractivity contribution in [3.05, 3.63) is 17.5 Å². The monoisotopic (exact) mass is 420 g/mol. The number of aromatic nitrogens is 2. The summed E-state index contributed by atoms with van der Waals surface area (Å²) in [6, 6.07) is 0.825. The molecule has 9 nitrogen and oxygen atoms in total. The third-order valence-electron chi connectivity index (χ3n) is 6.23. The predicted octanol–water partition coefficient (Wildman–Crippen LogP) is 1.04. The summed E-state index contributed by atoms with van der Waals surface area (Å²) in [5.41, 5.74) is 1.41. The van der Waals surface area contributed by atoms with Crippen LogP contribution < -0.4 is 0 Å². The van der Waals surface area contributed by atoms with Crippen molar-refractivity contribution < 1.29 is 14.3 Å². The van der Waals surface area contributed by atoms with E-state index in [0.717, 1.165) is 57.8 Å². The van der Waals surface area contributed by atoms with Gasteiger partial charge in [-0.25, -0.2) is 4.79 Å². The van der Waals surface area contributed by atoms with Crippen molar-refractivity contribution in [1.29, 1.82) is 0 Å². The average Bonchev–Trinajstić information content (AvgIpc) is 3.34. The molecule has 3 amide bonds. The van der Waals surface area contributed by atoms with Crippen molar-refractivity contribution in [1.82, 2.24) is 29.4 Å². The van der Waals surface area contributed by atoms with E-state index in [0.29, 0.717) is 24.2 Å². The summed E-state index contributed by atoms with van der Waals surface area (Å²) < 4.78 is 7.25. The van der Waals surface area contributed by atoms with Crippen LogP contribution in [0.2, 0.25) is 0 Å². The number of ether oxygens (including phenoxy) is 1. The van der Waals surface area contributed by atoms with E-state index in [2.05, 4.69) is 10.00 Å². The van der Waals surface area contributed by atoms with Crippen molar-refractivity contribution in [3.63, 3.8) is 0 Å². The summed E-state index contributed by atoms with van der Waals surface area (Å²) in [4.78, 5) is 33.2. The Morgan fingerprint density at radius 1 is 1.13 bits per heavy atom. The molecule has 0 radical (unpaired) electrons. The Bertz CT molecular complexity index is 743. The van der Waals surface area contributed by atoms with E-state index >= 15 is 0 Å². The van der Waals surface area contributed by atoms with Gasteiger partial charge in [0.1, 0.15) is 0 Å². The van der Waals surface area contributed by atoms with Crippen LogP contribution in [0.3, 0.4) is 0 Å². The van der Waals surface area contributed by atoms with Gasteiger partial charge in [-0.3, -0.25) is 14.4 Å². The van der Waals surface area contributed by atoms with Crippen LogP contribution in [0.4, 0.5) is 4.79 Å². The standard InChI is InChI=1S/C21H36N6O3/c1-16-19(15-25(5)22-16)20(28)24(4)10-11-27(17-7-12-30-13-8-17)18-6-9-26(14-18)21(29)23(2)3/h15,17-18H,6-14H2,1-5H3. The molecule has 2 saturated heterocycles. The third-order valence-corrected chi connectivity index (χ3v) is 6.23. The van der Waals surface area contributed by atoms with Gasteiger partial charge < -0.3 is 19.4 Å². The molecule has 1 aromatic rings. The molecule has 0 aromatic carbocycles. The van der Waals surface area contributed by atoms with Crippen LogP contribution in [0.1, 0.15) is 35.3 Å². The maximum absolute atomic E-state index is 12.9. The van der Waals surface area contributed by atoms with Crippen LogP contribution in [0.5, 0.6) is 0 Å². The molecule has 0 saturated carbocycles. The van der Waals surface area contributed by atoms with Gasteiger partial charge in [-0.15, -0.1) is 0 Å². The van der Waals surface area contributed by atoms with Crippen LogP contribution in [-0.4, -0.2) is 114 Å². The van der Waals surface area contributed by atoms with Gasteiger partial charge in [0.05, 0.1) is 11.3 Å². The molecule has 1 atom stereocenters. The highest BCUT2D eigenvalue weighted by atomic mass is 16.5. The minimum Gasteiger partial charge on any atom is -0.381 e. The van der Waals surface area contributed by atoms with E-state index in [9.17, 15) is 9.59 Å². The molecule has 2 aliphatic rings. The second-order valence-corrected chi connectivity index (χ2v) is 8.68. The van der Waals surface area contributed by atoms with Gasteiger partial charge in [0, 0.05) is 85.9 Å². The van der Waals surface area contributed by atoms with Crippen molar-refractivity contribution in [3.8, 4) is 0 Å². The number of urea groups is 1. The van der Waals surface area contributed by atoms with Gasteiger partial charge in [-0.1, -0.05) is 0 Å². The summed E-state index contributed by atoms with van der Waals surface area (Å²) in [6.07, 6.45) is 4.75. The third kappa shape index (κ3) is 5.13. The quantitative estimate of drug-likeness (QED) is 0.687. The van der Waals surface area contributed by atoms with Crippen LogP contribution in [-0.2, 0) is 11.8 Å². The molecule has 9 heteroatoms. The lowest BCUT2D eigenvalue weighted by Gasteiger charge is -2.39. The van der Waals surface area contributed by atoms with E-state index < -0.39 is 0 Å². The first-order chi connectivity index (χ1) is 14.3. The molecule has 1 aromatic heterocycles. The predicted molar refractivity (Wildman–Crippen MR) is 115 cm³/mol. The van der Waals surface area contributed by atoms with E-state index in [1.807, 2.05) is 25.9 Å². The van der Waals surface area contributed by atoms with Crippen molar-refractivity contribution in [2.24, 2.45) is 7.05 Å². The minimum absolute atomic E-state index is 0.00311. The molecule has 2 aliphatic heterocycles. The normalized spacial score (nSPS) is 20.1. The smallest absolute Gasteiger partial charge is 0.319 e. The van der Waals surface area contributed by atoms with Crippen LogP contribution in [0.25, 0.3) is 0 Å². The average molecular weight is 421 g/mol. The first-order valence-corrected chi connectivity index (χ1v) is 10.8. The number of nitrogens with zero attached hydrogens (tertiary/aromatic N) is 6. The van der Waals surface area contributed by atoms with Crippen LogP contribution >= 0.6 is 0 Å². The molecule has 1 unspecified atom stereocenters. The van der Waals surface area contributed by atoms with Crippen molar-refractivity contribution in [2.75, 3.05) is 60.5 Å². The molecule has 0 N–H and O–H groups in total. The number of aryl methyl sites for hydroxylation is 2. The fourth-order valence-electron chi connectivity index (χ4n) is 4.53. The highest BCUT2D eigenvalue weighted by molar-refractivity contribution is 5.94. The zero-order chi connectivity index (χ0) is 21.8. The van der Waals surface area contributed by atoms with Crippen molar-refractivity contribution >= 4 is 11.9 Å². The van der Waals surface area contributed by atoms with E-state index in [4.69, 9.17) is 4.74 Å². The number of hydrogen-bond acceptors (Lipinski definition) is 5. The molecular formula is C21H36N6O3. The fraction of sp³-hybridized carbons (Fsp3) is 0.762. The maximum Gasteiger partial charge on any atom is 0.319 e. The molecule has 3 rings (SSSR count). The van der Waals surface area contributed by atoms with Gasteiger partial charge in [0.15, 0.2) is 0 Å². The summed E-state index contributed by atoms with van der Waals surface area (Å²) >= 11 is 0. The molecule has 0 bridgehead atoms. The van der Waals surface area contributed by atoms with Gasteiger partial charge in [-0.2, -0.15) is 5.10 Å². The Morgan fingerprint density at radius 3 is 2.43 bits per heavy atom. The van der Waals surface area contributed by atoms with Crippen molar-refractivity contribution in [2.45, 2.75) is 38.3 Å². The number of likely N-dealkylation sites (N-methyl/N-ethyl adjacent to an activating group) is 1. The number of likely N-dealkylation sites (tertiary alicyclic amines) is 1. The Morgan fingerprint density at radius 2 is 1.83 bits per heavy atom. The van der Waals surface area contributed by atoms with E-state index in [1.165, 1.54) is 0 Å². The number of hydrogen-bond donors (Lipinski definition) is 0. The fourth-order valence-corrected chi connectivity index (χ4v) is 4.53. The topological polar surface area (TPSA) is 74.2 Å². The van der Waals surface area contributed by atoms with Gasteiger partial charge in [0.2, 0.25) is 0 Å². The number of rotatable bonds is 6. The van der Waals surface area contributed by atoms with Crippen LogP contribution in [0, 0.1) is 6.92 Å². The Balaban J connectivity index is 1.65. The first kappa shape index (κ1) is 22.6. The summed E-state index contributed by atoms with van der Waals surface area (Å²) in [5.74, 6) is 0.00311. The zero-order valence-electron chi connectivity index (χ0n) is 19.0. The summed E-state index contributed by atoms with van der Waals surface area (Å²) in [6.45, 7) is 6.38.